The van der Waals surface area contributed by atoms with Crippen molar-refractivity contribution in [1.82, 2.24) is 15.1 Å². The average molecular weight is 347 g/mol. The quantitative estimate of drug-likeness (QED) is 0.909. The summed E-state index contributed by atoms with van der Waals surface area (Å²) in [5.74, 6) is -0.0489. The predicted octanol–water partition coefficient (Wildman–Crippen LogP) is 2.41. The maximum Gasteiger partial charge on any atom is 0.317 e. The molecule has 25 heavy (non-hydrogen) atoms. The summed E-state index contributed by atoms with van der Waals surface area (Å²) in [5, 5.41) is 2.86. The monoisotopic (exact) mass is 347 g/mol. The fourth-order valence-electron chi connectivity index (χ4n) is 4.00. The van der Waals surface area contributed by atoms with Crippen molar-refractivity contribution in [2.75, 3.05) is 32.7 Å². The Balaban J connectivity index is 1.52. The molecule has 3 rings (SSSR count). The Morgan fingerprint density at radius 3 is 2.84 bits per heavy atom. The van der Waals surface area contributed by atoms with Crippen molar-refractivity contribution in [3.63, 3.8) is 0 Å². The van der Waals surface area contributed by atoms with Crippen LogP contribution in [0.25, 0.3) is 0 Å². The van der Waals surface area contributed by atoms with E-state index in [4.69, 9.17) is 0 Å². The molecule has 1 aromatic rings. The minimum Gasteiger partial charge on any atom is -0.342 e. The van der Waals surface area contributed by atoms with Gasteiger partial charge in [0.05, 0.1) is 5.41 Å². The molecule has 0 aliphatic carbocycles. The van der Waals surface area contributed by atoms with Crippen LogP contribution in [0.2, 0.25) is 0 Å². The third kappa shape index (κ3) is 3.62. The first-order chi connectivity index (χ1) is 12.1. The van der Waals surface area contributed by atoms with Crippen LogP contribution >= 0.6 is 0 Å². The Kier molecular flexibility index (Phi) is 5.25. The fraction of sp³-hybridized carbons (Fsp3) is 0.579. The molecule has 6 heteroatoms. The van der Waals surface area contributed by atoms with E-state index in [1.165, 1.54) is 6.07 Å². The highest BCUT2D eigenvalue weighted by Crippen LogP contribution is 2.39. The number of carbonyl (C=O) groups is 2. The van der Waals surface area contributed by atoms with Gasteiger partial charge in [-0.1, -0.05) is 18.2 Å². The molecule has 0 aromatic heterocycles. The van der Waals surface area contributed by atoms with Gasteiger partial charge in [-0.3, -0.25) is 4.79 Å². The van der Waals surface area contributed by atoms with Crippen molar-refractivity contribution in [1.29, 1.82) is 0 Å². The molecule has 1 spiro atoms. The van der Waals surface area contributed by atoms with Crippen LogP contribution in [-0.4, -0.2) is 54.5 Å². The van der Waals surface area contributed by atoms with Crippen LogP contribution in [0.5, 0.6) is 0 Å². The largest absolute Gasteiger partial charge is 0.342 e. The number of likely N-dealkylation sites (tertiary alicyclic amines) is 2. The van der Waals surface area contributed by atoms with Crippen LogP contribution in [0.15, 0.2) is 24.3 Å². The third-order valence-electron chi connectivity index (χ3n) is 5.48. The second-order valence-electron chi connectivity index (χ2n) is 7.01. The van der Waals surface area contributed by atoms with Crippen molar-refractivity contribution in [3.05, 3.63) is 35.6 Å². The van der Waals surface area contributed by atoms with E-state index in [1.54, 1.807) is 23.1 Å². The highest BCUT2D eigenvalue weighted by atomic mass is 19.1. The number of carbonyl (C=O) groups excluding carboxylic acids is 2. The summed E-state index contributed by atoms with van der Waals surface area (Å²) in [6.45, 7) is 5.04. The molecular formula is C19H26FN3O2. The average Bonchev–Trinajstić information content (AvgIpc) is 3.04. The van der Waals surface area contributed by atoms with Gasteiger partial charge in [-0.2, -0.15) is 0 Å². The topological polar surface area (TPSA) is 52.6 Å². The van der Waals surface area contributed by atoms with E-state index in [1.807, 2.05) is 11.8 Å². The molecule has 2 heterocycles. The van der Waals surface area contributed by atoms with Crippen molar-refractivity contribution < 1.29 is 14.0 Å². The van der Waals surface area contributed by atoms with Crippen LogP contribution in [0.1, 0.15) is 31.7 Å². The van der Waals surface area contributed by atoms with Gasteiger partial charge in [-0.25, -0.2) is 9.18 Å². The van der Waals surface area contributed by atoms with Gasteiger partial charge in [0.15, 0.2) is 0 Å². The summed E-state index contributed by atoms with van der Waals surface area (Å²) in [6.07, 6.45) is 3.06. The molecule has 0 bridgehead atoms. The molecule has 136 valence electrons. The van der Waals surface area contributed by atoms with E-state index in [0.29, 0.717) is 31.6 Å². The summed E-state index contributed by atoms with van der Waals surface area (Å²) in [6, 6.07) is 6.44. The Labute approximate surface area is 148 Å². The molecule has 3 amide bonds. The minimum absolute atomic E-state index is 0.158. The lowest BCUT2D eigenvalue weighted by Gasteiger charge is -2.38. The van der Waals surface area contributed by atoms with Gasteiger partial charge in [0, 0.05) is 32.7 Å². The molecule has 1 N–H and O–H groups in total. The Morgan fingerprint density at radius 1 is 1.28 bits per heavy atom. The third-order valence-corrected chi connectivity index (χ3v) is 5.48. The van der Waals surface area contributed by atoms with E-state index in [-0.39, 0.29) is 17.8 Å². The first kappa shape index (κ1) is 17.7. The SMILES string of the molecule is CCN1CCCC2(CCN(C(=O)NCCc3ccccc3F)C2)C1=O. The summed E-state index contributed by atoms with van der Waals surface area (Å²) in [7, 11) is 0. The zero-order valence-corrected chi connectivity index (χ0v) is 14.8. The lowest BCUT2D eigenvalue weighted by molar-refractivity contribution is -0.145. The normalized spacial score (nSPS) is 23.4. The molecule has 2 fully saturated rings. The number of halogens is 1. The van der Waals surface area contributed by atoms with E-state index in [2.05, 4.69) is 5.32 Å². The second kappa shape index (κ2) is 7.42. The first-order valence-electron chi connectivity index (χ1n) is 9.11. The molecule has 5 nitrogen and oxygen atoms in total. The summed E-state index contributed by atoms with van der Waals surface area (Å²) in [4.78, 5) is 28.8. The summed E-state index contributed by atoms with van der Waals surface area (Å²) < 4.78 is 13.6. The van der Waals surface area contributed by atoms with Gasteiger partial charge >= 0.3 is 6.03 Å². The zero-order chi connectivity index (χ0) is 17.9. The van der Waals surface area contributed by atoms with Crippen LogP contribution in [-0.2, 0) is 11.2 Å². The molecule has 2 aliphatic heterocycles. The molecule has 2 saturated heterocycles. The van der Waals surface area contributed by atoms with E-state index < -0.39 is 5.41 Å². The standard InChI is InChI=1S/C19H26FN3O2/c1-2-22-12-5-9-19(17(22)24)10-13-23(14-19)18(25)21-11-8-15-6-3-4-7-16(15)20/h3-4,6-7H,2,5,8-14H2,1H3,(H,21,25). The van der Waals surface area contributed by atoms with Gasteiger partial charge < -0.3 is 15.1 Å². The maximum absolute atomic E-state index is 13.6. The molecule has 1 aromatic carbocycles. The number of nitrogens with one attached hydrogen (secondary N) is 1. The number of hydrogen-bond donors (Lipinski definition) is 1. The van der Waals surface area contributed by atoms with Crippen LogP contribution in [0.3, 0.4) is 0 Å². The lowest BCUT2D eigenvalue weighted by atomic mass is 9.78. The summed E-state index contributed by atoms with van der Waals surface area (Å²) >= 11 is 0. The Hall–Kier alpha value is -2.11. The smallest absolute Gasteiger partial charge is 0.317 e. The second-order valence-corrected chi connectivity index (χ2v) is 7.01. The van der Waals surface area contributed by atoms with Crippen molar-refractivity contribution >= 4 is 11.9 Å². The van der Waals surface area contributed by atoms with Gasteiger partial charge in [-0.05, 0) is 44.2 Å². The maximum atomic E-state index is 13.6. The molecule has 0 saturated carbocycles. The number of piperidine rings is 1. The van der Waals surface area contributed by atoms with Gasteiger partial charge in [-0.15, -0.1) is 0 Å². The number of rotatable bonds is 4. The van der Waals surface area contributed by atoms with E-state index >= 15 is 0 Å². The highest BCUT2D eigenvalue weighted by molar-refractivity contribution is 5.85. The van der Waals surface area contributed by atoms with Crippen molar-refractivity contribution in [2.45, 2.75) is 32.6 Å². The van der Waals surface area contributed by atoms with Crippen LogP contribution in [0.4, 0.5) is 9.18 Å². The summed E-state index contributed by atoms with van der Waals surface area (Å²) in [5.41, 5.74) is 0.207. The predicted molar refractivity (Wildman–Crippen MR) is 93.6 cm³/mol. The minimum atomic E-state index is -0.392. The van der Waals surface area contributed by atoms with Gasteiger partial charge in [0.1, 0.15) is 5.82 Å². The van der Waals surface area contributed by atoms with Gasteiger partial charge in [0.25, 0.3) is 0 Å². The number of urea groups is 1. The fourth-order valence-corrected chi connectivity index (χ4v) is 4.00. The number of benzene rings is 1. The molecule has 0 radical (unpaired) electrons. The zero-order valence-electron chi connectivity index (χ0n) is 14.8. The first-order valence-corrected chi connectivity index (χ1v) is 9.11. The van der Waals surface area contributed by atoms with Crippen LogP contribution in [0, 0.1) is 11.2 Å². The molecule has 1 unspecified atom stereocenters. The lowest BCUT2D eigenvalue weighted by Crippen LogP contribution is -2.50. The van der Waals surface area contributed by atoms with Crippen molar-refractivity contribution in [2.24, 2.45) is 5.41 Å². The Bertz CT molecular complexity index is 651. The van der Waals surface area contributed by atoms with E-state index in [0.717, 1.165) is 32.4 Å². The van der Waals surface area contributed by atoms with Gasteiger partial charge in [0.2, 0.25) is 5.91 Å². The molecule has 1 atom stereocenters. The van der Waals surface area contributed by atoms with Crippen molar-refractivity contribution in [3.8, 4) is 0 Å². The van der Waals surface area contributed by atoms with E-state index in [9.17, 15) is 14.0 Å². The Morgan fingerprint density at radius 2 is 2.08 bits per heavy atom. The molecular weight excluding hydrogens is 321 g/mol. The highest BCUT2D eigenvalue weighted by Gasteiger charge is 2.49. The van der Waals surface area contributed by atoms with Crippen LogP contribution < -0.4 is 5.32 Å². The number of nitrogens with zero attached hydrogens (tertiary/aromatic N) is 2. The number of amides is 3. The molecule has 2 aliphatic rings. The number of hydrogen-bond acceptors (Lipinski definition) is 2.